The van der Waals surface area contributed by atoms with Crippen molar-refractivity contribution in [2.45, 2.75) is 38.6 Å². The third-order valence-corrected chi connectivity index (χ3v) is 6.75. The molecule has 2 N–H and O–H groups in total. The van der Waals surface area contributed by atoms with Gasteiger partial charge in [0.25, 0.3) is 5.91 Å². The molecule has 0 bridgehead atoms. The van der Waals surface area contributed by atoms with Crippen molar-refractivity contribution < 1.29 is 17.9 Å². The summed E-state index contributed by atoms with van der Waals surface area (Å²) in [5.41, 5.74) is 3.99. The second-order valence-corrected chi connectivity index (χ2v) is 9.58. The van der Waals surface area contributed by atoms with Crippen LogP contribution in [0, 0.1) is 13.8 Å². The minimum atomic E-state index is -3.82. The van der Waals surface area contributed by atoms with Gasteiger partial charge in [0.2, 0.25) is 10.0 Å². The minimum absolute atomic E-state index is 0.0289. The van der Waals surface area contributed by atoms with Crippen LogP contribution in [0.2, 0.25) is 0 Å². The Hall–Kier alpha value is -2.33. The number of nitrogens with two attached hydrogens (primary N) is 1. The highest BCUT2D eigenvalue weighted by Crippen LogP contribution is 2.21. The molecule has 0 unspecified atom stereocenters. The molecule has 0 aliphatic heterocycles. The van der Waals surface area contributed by atoms with E-state index in [0.717, 1.165) is 16.6 Å². The molecule has 0 saturated carbocycles. The van der Waals surface area contributed by atoms with Crippen LogP contribution in [0.4, 0.5) is 0 Å². The second-order valence-electron chi connectivity index (χ2n) is 7.01. The van der Waals surface area contributed by atoms with Gasteiger partial charge >= 0.3 is 0 Å². The molecule has 0 atom stereocenters. The molecule has 3 aromatic rings. The Kier molecular flexibility index (Phi) is 6.87. The Morgan fingerprint density at radius 3 is 2.60 bits per heavy atom. The van der Waals surface area contributed by atoms with E-state index in [9.17, 15) is 13.2 Å². The number of hydrogen-bond acceptors (Lipinski definition) is 5. The fourth-order valence-electron chi connectivity index (χ4n) is 3.07. The largest absolute Gasteiger partial charge is 0.380 e. The van der Waals surface area contributed by atoms with Crippen molar-refractivity contribution in [3.8, 4) is 0 Å². The molecule has 30 heavy (non-hydrogen) atoms. The topological polar surface area (TPSA) is 104 Å². The quantitative estimate of drug-likeness (QED) is 0.562. The van der Waals surface area contributed by atoms with Gasteiger partial charge in [0, 0.05) is 13.2 Å². The molecule has 0 aliphatic rings. The van der Waals surface area contributed by atoms with Gasteiger partial charge in [0.15, 0.2) is 4.80 Å². The van der Waals surface area contributed by atoms with E-state index >= 15 is 0 Å². The molecule has 0 aliphatic carbocycles. The standard InChI is InChI=1S/C21H25N3O4S2/c1-4-28-10-9-24-18-8-7-17(30(22,26)27)13-19(18)29-21(24)23-20(25)12-16-6-5-14(2)15(3)11-16/h5-8,11,13H,4,9-10,12H2,1-3H3,(H2,22,26,27). The van der Waals surface area contributed by atoms with Crippen molar-refractivity contribution in [3.05, 3.63) is 57.9 Å². The molecule has 0 spiro atoms. The first kappa shape index (κ1) is 22.4. The molecule has 160 valence electrons. The van der Waals surface area contributed by atoms with Gasteiger partial charge in [-0.05, 0) is 55.7 Å². The normalized spacial score (nSPS) is 12.6. The third-order valence-electron chi connectivity index (χ3n) is 4.79. The summed E-state index contributed by atoms with van der Waals surface area (Å²) in [7, 11) is -3.82. The molecule has 3 rings (SSSR count). The summed E-state index contributed by atoms with van der Waals surface area (Å²) >= 11 is 1.26. The number of thiazole rings is 1. The molecule has 2 aromatic carbocycles. The SMILES string of the molecule is CCOCCn1c(=NC(=O)Cc2ccc(C)c(C)c2)sc2cc(S(N)(=O)=O)ccc21. The van der Waals surface area contributed by atoms with E-state index in [4.69, 9.17) is 9.88 Å². The predicted molar refractivity (Wildman–Crippen MR) is 118 cm³/mol. The smallest absolute Gasteiger partial charge is 0.252 e. The van der Waals surface area contributed by atoms with Gasteiger partial charge in [0.05, 0.1) is 28.1 Å². The number of primary sulfonamides is 1. The lowest BCUT2D eigenvalue weighted by molar-refractivity contribution is -0.117. The molecule has 0 fully saturated rings. The Balaban J connectivity index is 2.01. The lowest BCUT2D eigenvalue weighted by Gasteiger charge is -2.06. The van der Waals surface area contributed by atoms with Crippen molar-refractivity contribution in [1.29, 1.82) is 0 Å². The van der Waals surface area contributed by atoms with Crippen LogP contribution >= 0.6 is 11.3 Å². The Labute approximate surface area is 179 Å². The van der Waals surface area contributed by atoms with Gasteiger partial charge < -0.3 is 9.30 Å². The highest BCUT2D eigenvalue weighted by molar-refractivity contribution is 7.89. The zero-order chi connectivity index (χ0) is 21.9. The summed E-state index contributed by atoms with van der Waals surface area (Å²) < 4.78 is 31.4. The van der Waals surface area contributed by atoms with Crippen molar-refractivity contribution in [3.63, 3.8) is 0 Å². The molecular weight excluding hydrogens is 422 g/mol. The number of rotatable bonds is 7. The molecule has 1 aromatic heterocycles. The zero-order valence-corrected chi connectivity index (χ0v) is 18.8. The fraction of sp³-hybridized carbons (Fsp3) is 0.333. The monoisotopic (exact) mass is 447 g/mol. The van der Waals surface area contributed by atoms with Gasteiger partial charge in [-0.15, -0.1) is 0 Å². The highest BCUT2D eigenvalue weighted by atomic mass is 32.2. The van der Waals surface area contributed by atoms with Crippen molar-refractivity contribution >= 4 is 37.5 Å². The molecule has 0 saturated heterocycles. The van der Waals surface area contributed by atoms with E-state index < -0.39 is 10.0 Å². The van der Waals surface area contributed by atoms with Gasteiger partial charge in [-0.3, -0.25) is 4.79 Å². The second kappa shape index (κ2) is 9.22. The minimum Gasteiger partial charge on any atom is -0.380 e. The number of amides is 1. The van der Waals surface area contributed by atoms with Crippen LogP contribution in [-0.4, -0.2) is 32.1 Å². The number of benzene rings is 2. The van der Waals surface area contributed by atoms with E-state index in [1.807, 2.05) is 43.5 Å². The number of fused-ring (bicyclic) bond motifs is 1. The lowest BCUT2D eigenvalue weighted by atomic mass is 10.0. The highest BCUT2D eigenvalue weighted by Gasteiger charge is 2.13. The van der Waals surface area contributed by atoms with Crippen LogP contribution in [-0.2, 0) is 32.5 Å². The van der Waals surface area contributed by atoms with Gasteiger partial charge in [-0.25, -0.2) is 13.6 Å². The van der Waals surface area contributed by atoms with Crippen LogP contribution in [0.5, 0.6) is 0 Å². The summed E-state index contributed by atoms with van der Waals surface area (Å²) in [4.78, 5) is 17.5. The number of aromatic nitrogens is 1. The van der Waals surface area contributed by atoms with Crippen LogP contribution in [0.15, 0.2) is 46.3 Å². The van der Waals surface area contributed by atoms with Crippen molar-refractivity contribution in [2.24, 2.45) is 10.1 Å². The zero-order valence-electron chi connectivity index (χ0n) is 17.2. The number of nitrogens with zero attached hydrogens (tertiary/aromatic N) is 2. The maximum absolute atomic E-state index is 12.6. The van der Waals surface area contributed by atoms with Crippen LogP contribution < -0.4 is 9.94 Å². The first-order valence-electron chi connectivity index (χ1n) is 9.56. The van der Waals surface area contributed by atoms with Crippen LogP contribution in [0.1, 0.15) is 23.6 Å². The average molecular weight is 448 g/mol. The summed E-state index contributed by atoms with van der Waals surface area (Å²) in [6, 6.07) is 10.6. The molecule has 0 radical (unpaired) electrons. The predicted octanol–water partition coefficient (Wildman–Crippen LogP) is 2.67. The summed E-state index contributed by atoms with van der Waals surface area (Å²) in [6.07, 6.45) is 0.198. The van der Waals surface area contributed by atoms with Gasteiger partial charge in [-0.1, -0.05) is 29.5 Å². The molecule has 9 heteroatoms. The maximum atomic E-state index is 12.6. The Morgan fingerprint density at radius 1 is 1.17 bits per heavy atom. The third kappa shape index (κ3) is 5.23. The van der Waals surface area contributed by atoms with E-state index in [0.29, 0.717) is 29.3 Å². The maximum Gasteiger partial charge on any atom is 0.252 e. The van der Waals surface area contributed by atoms with E-state index in [1.165, 1.54) is 29.0 Å². The first-order chi connectivity index (χ1) is 14.2. The van der Waals surface area contributed by atoms with E-state index in [1.54, 1.807) is 6.07 Å². The van der Waals surface area contributed by atoms with Crippen molar-refractivity contribution in [1.82, 2.24) is 4.57 Å². The number of carbonyl (C=O) groups is 1. The molecule has 7 nitrogen and oxygen atoms in total. The lowest BCUT2D eigenvalue weighted by Crippen LogP contribution is -2.20. The number of hydrogen-bond donors (Lipinski definition) is 1. The van der Waals surface area contributed by atoms with Gasteiger partial charge in [0.1, 0.15) is 0 Å². The van der Waals surface area contributed by atoms with Crippen LogP contribution in [0.25, 0.3) is 10.2 Å². The Morgan fingerprint density at radius 2 is 1.93 bits per heavy atom. The number of ether oxygens (including phenoxy) is 1. The van der Waals surface area contributed by atoms with E-state index in [-0.39, 0.29) is 17.2 Å². The van der Waals surface area contributed by atoms with E-state index in [2.05, 4.69) is 4.99 Å². The molecule has 1 amide bonds. The fourth-order valence-corrected chi connectivity index (χ4v) is 4.79. The average Bonchev–Trinajstić information content (AvgIpc) is 3.00. The number of sulfonamides is 1. The Bertz CT molecular complexity index is 1260. The number of carbonyl (C=O) groups excluding carboxylic acids is 1. The molecular formula is C21H25N3O4S2. The number of aryl methyl sites for hydroxylation is 2. The van der Waals surface area contributed by atoms with Crippen molar-refractivity contribution in [2.75, 3.05) is 13.2 Å². The first-order valence-corrected chi connectivity index (χ1v) is 11.9. The summed E-state index contributed by atoms with van der Waals surface area (Å²) in [5, 5.41) is 5.25. The summed E-state index contributed by atoms with van der Waals surface area (Å²) in [6.45, 7) is 7.48. The molecule has 1 heterocycles. The van der Waals surface area contributed by atoms with Crippen LogP contribution in [0.3, 0.4) is 0 Å². The summed E-state index contributed by atoms with van der Waals surface area (Å²) in [5.74, 6) is -0.262. The van der Waals surface area contributed by atoms with Gasteiger partial charge in [-0.2, -0.15) is 4.99 Å².